The Balaban J connectivity index is 1.91. The van der Waals surface area contributed by atoms with Crippen LogP contribution in [0.3, 0.4) is 0 Å². The molecule has 6 nitrogen and oxygen atoms in total. The first kappa shape index (κ1) is 13.6. The van der Waals surface area contributed by atoms with Gasteiger partial charge in [0.05, 0.1) is 18.8 Å². The molecule has 3 aromatic rings. The molecule has 1 aliphatic rings. The normalized spacial score (nSPS) is 16.9. The van der Waals surface area contributed by atoms with Gasteiger partial charge in [0, 0.05) is 29.0 Å². The first-order valence-corrected chi connectivity index (χ1v) is 7.29. The number of aromatic nitrogens is 2. The summed E-state index contributed by atoms with van der Waals surface area (Å²) in [4.78, 5) is 12.1. The SMILES string of the molecule is COc1ccc(O)c(C2CC(=O)Nc3cc4[nH]ncc4cc32)c1. The highest BCUT2D eigenvalue weighted by molar-refractivity contribution is 5.98. The zero-order valence-corrected chi connectivity index (χ0v) is 12.5. The number of H-pyrrole nitrogens is 1. The van der Waals surface area contributed by atoms with Crippen LogP contribution in [0.1, 0.15) is 23.5 Å². The van der Waals surface area contributed by atoms with Gasteiger partial charge in [0.25, 0.3) is 0 Å². The molecular formula is C17H15N3O3. The Hall–Kier alpha value is -3.02. The number of methoxy groups -OCH3 is 1. The van der Waals surface area contributed by atoms with Crippen molar-refractivity contribution in [2.75, 3.05) is 12.4 Å². The van der Waals surface area contributed by atoms with Gasteiger partial charge in [0.1, 0.15) is 11.5 Å². The smallest absolute Gasteiger partial charge is 0.225 e. The highest BCUT2D eigenvalue weighted by atomic mass is 16.5. The number of anilines is 1. The third-order valence-corrected chi connectivity index (χ3v) is 4.26. The van der Waals surface area contributed by atoms with Gasteiger partial charge < -0.3 is 15.2 Å². The predicted molar refractivity (Wildman–Crippen MR) is 85.8 cm³/mol. The molecule has 0 aliphatic carbocycles. The maximum Gasteiger partial charge on any atom is 0.225 e. The Kier molecular flexibility index (Phi) is 2.97. The van der Waals surface area contributed by atoms with Crippen molar-refractivity contribution < 1.29 is 14.6 Å². The van der Waals surface area contributed by atoms with Crippen molar-refractivity contribution in [1.29, 1.82) is 0 Å². The summed E-state index contributed by atoms with van der Waals surface area (Å²) in [5.41, 5.74) is 3.25. The fraction of sp³-hybridized carbons (Fsp3) is 0.176. The second-order valence-corrected chi connectivity index (χ2v) is 5.63. The van der Waals surface area contributed by atoms with Crippen molar-refractivity contribution in [3.8, 4) is 11.5 Å². The van der Waals surface area contributed by atoms with E-state index < -0.39 is 0 Å². The maximum absolute atomic E-state index is 12.1. The molecule has 1 amide bonds. The molecular weight excluding hydrogens is 294 g/mol. The quantitative estimate of drug-likeness (QED) is 0.679. The number of hydrogen-bond acceptors (Lipinski definition) is 4. The van der Waals surface area contributed by atoms with Crippen molar-refractivity contribution in [2.24, 2.45) is 0 Å². The van der Waals surface area contributed by atoms with Crippen LogP contribution < -0.4 is 10.1 Å². The van der Waals surface area contributed by atoms with E-state index in [0.717, 1.165) is 22.2 Å². The lowest BCUT2D eigenvalue weighted by Gasteiger charge is -2.27. The lowest BCUT2D eigenvalue weighted by atomic mass is 9.83. The summed E-state index contributed by atoms with van der Waals surface area (Å²) in [7, 11) is 1.58. The first-order valence-electron chi connectivity index (χ1n) is 7.29. The van der Waals surface area contributed by atoms with Crippen LogP contribution in [0.2, 0.25) is 0 Å². The van der Waals surface area contributed by atoms with Gasteiger partial charge in [0.15, 0.2) is 0 Å². The number of aromatic amines is 1. The van der Waals surface area contributed by atoms with Gasteiger partial charge in [0.2, 0.25) is 5.91 Å². The first-order chi connectivity index (χ1) is 11.2. The second kappa shape index (κ2) is 5.01. The van der Waals surface area contributed by atoms with E-state index in [1.165, 1.54) is 0 Å². The van der Waals surface area contributed by atoms with Crippen LogP contribution in [-0.2, 0) is 4.79 Å². The predicted octanol–water partition coefficient (Wildman–Crippen LogP) is 2.75. The second-order valence-electron chi connectivity index (χ2n) is 5.63. The number of hydrogen-bond donors (Lipinski definition) is 3. The third-order valence-electron chi connectivity index (χ3n) is 4.26. The number of rotatable bonds is 2. The van der Waals surface area contributed by atoms with Crippen LogP contribution >= 0.6 is 0 Å². The Bertz CT molecular complexity index is 917. The molecule has 6 heteroatoms. The summed E-state index contributed by atoms with van der Waals surface area (Å²) in [6.45, 7) is 0. The van der Waals surface area contributed by atoms with Crippen molar-refractivity contribution in [1.82, 2.24) is 10.2 Å². The largest absolute Gasteiger partial charge is 0.508 e. The molecule has 3 N–H and O–H groups in total. The molecule has 1 atom stereocenters. The van der Waals surface area contributed by atoms with E-state index in [2.05, 4.69) is 15.5 Å². The van der Waals surface area contributed by atoms with E-state index in [-0.39, 0.29) is 24.0 Å². The number of nitrogens with one attached hydrogen (secondary N) is 2. The number of benzene rings is 2. The van der Waals surface area contributed by atoms with Crippen LogP contribution in [0, 0.1) is 0 Å². The van der Waals surface area contributed by atoms with Gasteiger partial charge in [-0.1, -0.05) is 0 Å². The van der Waals surface area contributed by atoms with Crippen molar-refractivity contribution in [3.05, 3.63) is 47.7 Å². The minimum absolute atomic E-state index is 0.0800. The molecule has 116 valence electrons. The fourth-order valence-electron chi connectivity index (χ4n) is 3.12. The van der Waals surface area contributed by atoms with E-state index in [1.807, 2.05) is 12.1 Å². The molecule has 2 aromatic carbocycles. The number of carbonyl (C=O) groups excluding carboxylic acids is 1. The molecule has 4 rings (SSSR count). The third kappa shape index (κ3) is 2.19. The highest BCUT2D eigenvalue weighted by Crippen LogP contribution is 2.42. The van der Waals surface area contributed by atoms with Crippen LogP contribution in [0.15, 0.2) is 36.5 Å². The molecule has 1 aliphatic heterocycles. The standard InChI is InChI=1S/C17H15N3O3/c1-23-10-2-3-16(21)13(5-10)11-6-17(22)19-15-7-14-9(4-12(11)15)8-18-20-14/h2-5,7-8,11,21H,6H2,1H3,(H,18,20)(H,19,22). The van der Waals surface area contributed by atoms with Crippen LogP contribution in [-0.4, -0.2) is 28.3 Å². The molecule has 0 radical (unpaired) electrons. The lowest BCUT2D eigenvalue weighted by molar-refractivity contribution is -0.116. The summed E-state index contributed by atoms with van der Waals surface area (Å²) in [5.74, 6) is 0.496. The number of phenolic OH excluding ortho intramolecular Hbond substituents is 1. The van der Waals surface area contributed by atoms with E-state index in [9.17, 15) is 9.90 Å². The van der Waals surface area contributed by atoms with Gasteiger partial charge in [-0.2, -0.15) is 5.10 Å². The Morgan fingerprint density at radius 3 is 2.96 bits per heavy atom. The van der Waals surface area contributed by atoms with E-state index in [1.54, 1.807) is 31.5 Å². The molecule has 23 heavy (non-hydrogen) atoms. The van der Waals surface area contributed by atoms with E-state index >= 15 is 0 Å². The monoisotopic (exact) mass is 309 g/mol. The summed E-state index contributed by atoms with van der Waals surface area (Å²) < 4.78 is 5.25. The molecule has 0 fully saturated rings. The Morgan fingerprint density at radius 2 is 2.13 bits per heavy atom. The molecule has 1 aromatic heterocycles. The zero-order valence-electron chi connectivity index (χ0n) is 12.5. The van der Waals surface area contributed by atoms with Gasteiger partial charge >= 0.3 is 0 Å². The van der Waals surface area contributed by atoms with Crippen molar-refractivity contribution in [3.63, 3.8) is 0 Å². The minimum atomic E-state index is -0.229. The molecule has 0 saturated carbocycles. The van der Waals surface area contributed by atoms with Gasteiger partial charge in [-0.15, -0.1) is 0 Å². The van der Waals surface area contributed by atoms with Gasteiger partial charge in [-0.05, 0) is 35.9 Å². The molecule has 0 spiro atoms. The zero-order chi connectivity index (χ0) is 16.0. The van der Waals surface area contributed by atoms with Crippen molar-refractivity contribution in [2.45, 2.75) is 12.3 Å². The Labute approximate surface area is 132 Å². The fourth-order valence-corrected chi connectivity index (χ4v) is 3.12. The molecule has 1 unspecified atom stereocenters. The number of phenols is 1. The number of fused-ring (bicyclic) bond motifs is 2. The average molecular weight is 309 g/mol. The maximum atomic E-state index is 12.1. The summed E-state index contributed by atoms with van der Waals surface area (Å²) in [6.07, 6.45) is 2.02. The van der Waals surface area contributed by atoms with Crippen molar-refractivity contribution >= 4 is 22.5 Å². The highest BCUT2D eigenvalue weighted by Gasteiger charge is 2.29. The number of carbonyl (C=O) groups is 1. The molecule has 0 bridgehead atoms. The summed E-state index contributed by atoms with van der Waals surface area (Å²) in [5, 5.41) is 21.0. The number of ether oxygens (including phenoxy) is 1. The number of aromatic hydroxyl groups is 1. The van der Waals surface area contributed by atoms with E-state index in [0.29, 0.717) is 11.3 Å². The summed E-state index contributed by atoms with van der Waals surface area (Å²) >= 11 is 0. The minimum Gasteiger partial charge on any atom is -0.508 e. The number of amides is 1. The molecule has 2 heterocycles. The van der Waals surface area contributed by atoms with Gasteiger partial charge in [-0.25, -0.2) is 0 Å². The van der Waals surface area contributed by atoms with Crippen LogP contribution in [0.25, 0.3) is 10.9 Å². The average Bonchev–Trinajstić information content (AvgIpc) is 3.00. The topological polar surface area (TPSA) is 87.2 Å². The Morgan fingerprint density at radius 1 is 1.26 bits per heavy atom. The van der Waals surface area contributed by atoms with E-state index in [4.69, 9.17) is 4.74 Å². The molecule has 0 saturated heterocycles. The van der Waals surface area contributed by atoms with Crippen LogP contribution in [0.4, 0.5) is 5.69 Å². The summed E-state index contributed by atoms with van der Waals surface area (Å²) in [6, 6.07) is 8.94. The van der Waals surface area contributed by atoms with Crippen LogP contribution in [0.5, 0.6) is 11.5 Å². The number of nitrogens with zero attached hydrogens (tertiary/aromatic N) is 1. The lowest BCUT2D eigenvalue weighted by Crippen LogP contribution is -2.23. The van der Waals surface area contributed by atoms with Gasteiger partial charge in [-0.3, -0.25) is 9.89 Å².